The highest BCUT2D eigenvalue weighted by atomic mass is 16.4. The van der Waals surface area contributed by atoms with Crippen LogP contribution in [-0.2, 0) is 4.79 Å². The molecule has 0 amide bonds. The number of anilines is 1. The topological polar surface area (TPSA) is 77.2 Å². The number of hydrogen-bond donors (Lipinski definition) is 1. The molecule has 0 unspecified atom stereocenters. The highest BCUT2D eigenvalue weighted by Crippen LogP contribution is 2.17. The van der Waals surface area contributed by atoms with Crippen molar-refractivity contribution in [3.63, 3.8) is 0 Å². The van der Waals surface area contributed by atoms with Gasteiger partial charge in [-0.05, 0) is 6.07 Å². The zero-order valence-electron chi connectivity index (χ0n) is 8.63. The number of nitriles is 1. The van der Waals surface area contributed by atoms with E-state index in [2.05, 4.69) is 11.6 Å². The van der Waals surface area contributed by atoms with Crippen LogP contribution in [0.3, 0.4) is 0 Å². The van der Waals surface area contributed by atoms with Crippen molar-refractivity contribution in [2.45, 2.75) is 0 Å². The number of aliphatic carboxylic acids is 1. The van der Waals surface area contributed by atoms with E-state index >= 15 is 0 Å². The Hall–Kier alpha value is -2.35. The number of rotatable bonds is 5. The minimum atomic E-state index is -0.963. The highest BCUT2D eigenvalue weighted by molar-refractivity contribution is 5.75. The fourth-order valence-corrected chi connectivity index (χ4v) is 1.30. The van der Waals surface area contributed by atoms with E-state index in [1.807, 2.05) is 6.07 Å². The Kier molecular flexibility index (Phi) is 4.04. The van der Waals surface area contributed by atoms with Crippen LogP contribution in [0.2, 0.25) is 0 Å². The molecule has 0 saturated heterocycles. The van der Waals surface area contributed by atoms with Crippen LogP contribution in [-0.4, -0.2) is 29.1 Å². The first kappa shape index (κ1) is 11.7. The Bertz CT molecular complexity index is 437. The first-order valence-corrected chi connectivity index (χ1v) is 4.60. The zero-order valence-corrected chi connectivity index (χ0v) is 8.63. The van der Waals surface area contributed by atoms with Crippen LogP contribution >= 0.6 is 0 Å². The van der Waals surface area contributed by atoms with Crippen LogP contribution in [0.1, 0.15) is 5.56 Å². The van der Waals surface area contributed by atoms with Crippen molar-refractivity contribution in [1.29, 1.82) is 5.26 Å². The fraction of sp³-hybridized carbons (Fsp3) is 0.182. The largest absolute Gasteiger partial charge is 0.480 e. The minimum absolute atomic E-state index is 0.188. The molecule has 5 nitrogen and oxygen atoms in total. The normalized spacial score (nSPS) is 9.19. The van der Waals surface area contributed by atoms with E-state index in [-0.39, 0.29) is 6.54 Å². The SMILES string of the molecule is C=CCN(CC(=O)O)c1cnccc1C#N. The third-order valence-corrected chi connectivity index (χ3v) is 1.94. The van der Waals surface area contributed by atoms with Gasteiger partial charge in [-0.25, -0.2) is 0 Å². The second-order valence-corrected chi connectivity index (χ2v) is 3.07. The molecule has 16 heavy (non-hydrogen) atoms. The van der Waals surface area contributed by atoms with Gasteiger partial charge in [0.1, 0.15) is 12.6 Å². The van der Waals surface area contributed by atoms with E-state index < -0.39 is 5.97 Å². The third-order valence-electron chi connectivity index (χ3n) is 1.94. The molecule has 1 aromatic rings. The molecule has 1 heterocycles. The van der Waals surface area contributed by atoms with Crippen LogP contribution in [0.25, 0.3) is 0 Å². The van der Waals surface area contributed by atoms with Crippen LogP contribution in [0.5, 0.6) is 0 Å². The smallest absolute Gasteiger partial charge is 0.323 e. The molecule has 0 aliphatic carbocycles. The van der Waals surface area contributed by atoms with Crippen molar-refractivity contribution in [2.75, 3.05) is 18.0 Å². The fourth-order valence-electron chi connectivity index (χ4n) is 1.30. The predicted octanol–water partition coefficient (Wildman–Crippen LogP) is 1.03. The van der Waals surface area contributed by atoms with E-state index in [1.165, 1.54) is 17.3 Å². The lowest BCUT2D eigenvalue weighted by Crippen LogP contribution is -2.30. The molecule has 1 aromatic heterocycles. The minimum Gasteiger partial charge on any atom is -0.480 e. The summed E-state index contributed by atoms with van der Waals surface area (Å²) in [4.78, 5) is 16.1. The molecule has 0 saturated carbocycles. The standard InChI is InChI=1S/C11H11N3O2/c1-2-5-14(8-11(15)16)10-7-13-4-3-9(10)6-12/h2-4,7H,1,5,8H2,(H,15,16). The summed E-state index contributed by atoms with van der Waals surface area (Å²) in [6.45, 7) is 3.72. The van der Waals surface area contributed by atoms with Crippen molar-refractivity contribution in [3.05, 3.63) is 36.7 Å². The Balaban J connectivity index is 3.05. The maximum absolute atomic E-state index is 10.7. The number of pyridine rings is 1. The third kappa shape index (κ3) is 2.82. The second kappa shape index (κ2) is 5.51. The van der Waals surface area contributed by atoms with E-state index in [4.69, 9.17) is 10.4 Å². The summed E-state index contributed by atoms with van der Waals surface area (Å²) in [5.74, 6) is -0.963. The van der Waals surface area contributed by atoms with Crippen LogP contribution in [0.15, 0.2) is 31.1 Å². The molecule has 0 bridgehead atoms. The summed E-state index contributed by atoms with van der Waals surface area (Å²) in [5.41, 5.74) is 0.908. The van der Waals surface area contributed by atoms with Crippen LogP contribution in [0.4, 0.5) is 5.69 Å². The maximum Gasteiger partial charge on any atom is 0.323 e. The lowest BCUT2D eigenvalue weighted by Gasteiger charge is -2.21. The number of aromatic nitrogens is 1. The van der Waals surface area contributed by atoms with Gasteiger partial charge in [0.2, 0.25) is 0 Å². The molecule has 1 N–H and O–H groups in total. The molecule has 0 aromatic carbocycles. The van der Waals surface area contributed by atoms with Crippen molar-refractivity contribution in [3.8, 4) is 6.07 Å². The maximum atomic E-state index is 10.7. The Morgan fingerprint density at radius 2 is 2.50 bits per heavy atom. The van der Waals surface area contributed by atoms with E-state index in [1.54, 1.807) is 12.1 Å². The van der Waals surface area contributed by atoms with E-state index in [9.17, 15) is 4.79 Å². The summed E-state index contributed by atoms with van der Waals surface area (Å²) >= 11 is 0. The summed E-state index contributed by atoms with van der Waals surface area (Å²) in [6.07, 6.45) is 4.55. The van der Waals surface area contributed by atoms with Gasteiger partial charge in [0.25, 0.3) is 0 Å². The molecule has 82 valence electrons. The van der Waals surface area contributed by atoms with Gasteiger partial charge in [0, 0.05) is 12.7 Å². The number of carboxylic acid groups (broad SMARTS) is 1. The Morgan fingerprint density at radius 1 is 1.75 bits per heavy atom. The van der Waals surface area contributed by atoms with Gasteiger partial charge in [-0.15, -0.1) is 6.58 Å². The van der Waals surface area contributed by atoms with Gasteiger partial charge < -0.3 is 10.0 Å². The number of carbonyl (C=O) groups is 1. The van der Waals surface area contributed by atoms with Gasteiger partial charge in [-0.1, -0.05) is 6.08 Å². The summed E-state index contributed by atoms with van der Waals surface area (Å²) in [7, 11) is 0. The van der Waals surface area contributed by atoms with E-state index in [0.29, 0.717) is 17.8 Å². The molecular formula is C11H11N3O2. The monoisotopic (exact) mass is 217 g/mol. The van der Waals surface area contributed by atoms with Gasteiger partial charge in [0.05, 0.1) is 17.4 Å². The predicted molar refractivity (Wildman–Crippen MR) is 59.0 cm³/mol. The van der Waals surface area contributed by atoms with Crippen molar-refractivity contribution < 1.29 is 9.90 Å². The molecule has 0 aliphatic heterocycles. The molecule has 0 atom stereocenters. The summed E-state index contributed by atoms with van der Waals surface area (Å²) in [5, 5.41) is 17.6. The summed E-state index contributed by atoms with van der Waals surface area (Å²) < 4.78 is 0. The van der Waals surface area contributed by atoms with Crippen molar-refractivity contribution in [2.24, 2.45) is 0 Å². The van der Waals surface area contributed by atoms with Crippen molar-refractivity contribution in [1.82, 2.24) is 4.98 Å². The first-order chi connectivity index (χ1) is 7.69. The Labute approximate surface area is 93.3 Å². The van der Waals surface area contributed by atoms with Gasteiger partial charge in [0.15, 0.2) is 0 Å². The molecular weight excluding hydrogens is 206 g/mol. The quantitative estimate of drug-likeness (QED) is 0.745. The first-order valence-electron chi connectivity index (χ1n) is 4.60. The number of nitrogens with zero attached hydrogens (tertiary/aromatic N) is 3. The zero-order chi connectivity index (χ0) is 12.0. The lowest BCUT2D eigenvalue weighted by atomic mass is 10.2. The van der Waals surface area contributed by atoms with Gasteiger partial charge in [-0.3, -0.25) is 9.78 Å². The van der Waals surface area contributed by atoms with Crippen LogP contribution < -0.4 is 4.90 Å². The number of hydrogen-bond acceptors (Lipinski definition) is 4. The Morgan fingerprint density at radius 3 is 3.06 bits per heavy atom. The van der Waals surface area contributed by atoms with Crippen LogP contribution in [0, 0.1) is 11.3 Å². The molecule has 0 fully saturated rings. The lowest BCUT2D eigenvalue weighted by molar-refractivity contribution is -0.135. The van der Waals surface area contributed by atoms with Gasteiger partial charge in [-0.2, -0.15) is 5.26 Å². The molecule has 1 rings (SSSR count). The summed E-state index contributed by atoms with van der Waals surface area (Å²) in [6, 6.07) is 3.55. The highest BCUT2D eigenvalue weighted by Gasteiger charge is 2.12. The molecule has 0 spiro atoms. The van der Waals surface area contributed by atoms with E-state index in [0.717, 1.165) is 0 Å². The molecule has 0 radical (unpaired) electrons. The number of carboxylic acids is 1. The van der Waals surface area contributed by atoms with Crippen molar-refractivity contribution >= 4 is 11.7 Å². The second-order valence-electron chi connectivity index (χ2n) is 3.07. The molecule has 5 heteroatoms. The van der Waals surface area contributed by atoms with Gasteiger partial charge >= 0.3 is 5.97 Å². The average molecular weight is 217 g/mol. The average Bonchev–Trinajstić information content (AvgIpc) is 2.28. The molecule has 0 aliphatic rings.